The molecule has 5 atom stereocenters. The Morgan fingerprint density at radius 2 is 1.69 bits per heavy atom. The fourth-order valence-corrected chi connectivity index (χ4v) is 6.74. The van der Waals surface area contributed by atoms with Crippen LogP contribution in [-0.2, 0) is 16.8 Å². The summed E-state index contributed by atoms with van der Waals surface area (Å²) in [6, 6.07) is 10.3. The molecular formula is C33H25NO5. The average molecular weight is 516 g/mol. The SMILES string of the molecule is CCc1ccc2cc3c(cc2c1)C(=O)c1c(O)cc2c(c1C3=O)N[C@H]1C#C/C=C\C#C[C@@H](C)[C@@]23O[C@@]13[C@@H](C)O. The van der Waals surface area contributed by atoms with Gasteiger partial charge in [-0.3, -0.25) is 9.59 Å². The van der Waals surface area contributed by atoms with E-state index in [0.717, 1.165) is 22.8 Å². The van der Waals surface area contributed by atoms with Crippen LogP contribution in [0.25, 0.3) is 10.8 Å². The van der Waals surface area contributed by atoms with Crippen molar-refractivity contribution in [2.45, 2.75) is 50.5 Å². The number of phenolic OH excluding ortho intramolecular Hbond substituents is 1. The number of aliphatic hydroxyl groups is 1. The highest BCUT2D eigenvalue weighted by atomic mass is 16.6. The predicted molar refractivity (Wildman–Crippen MR) is 147 cm³/mol. The van der Waals surface area contributed by atoms with E-state index >= 15 is 0 Å². The molecule has 0 saturated carbocycles. The molecule has 0 spiro atoms. The van der Waals surface area contributed by atoms with Crippen LogP contribution in [0, 0.1) is 29.6 Å². The lowest BCUT2D eigenvalue weighted by atomic mass is 9.67. The summed E-state index contributed by atoms with van der Waals surface area (Å²) in [4.78, 5) is 28.1. The van der Waals surface area contributed by atoms with Gasteiger partial charge in [0.2, 0.25) is 0 Å². The van der Waals surface area contributed by atoms with Crippen LogP contribution in [0.3, 0.4) is 0 Å². The van der Waals surface area contributed by atoms with Crippen LogP contribution in [0.2, 0.25) is 0 Å². The summed E-state index contributed by atoms with van der Waals surface area (Å²) in [7, 11) is 0. The van der Waals surface area contributed by atoms with Gasteiger partial charge in [0.25, 0.3) is 0 Å². The lowest BCUT2D eigenvalue weighted by Gasteiger charge is -2.38. The number of allylic oxidation sites excluding steroid dienone is 2. The highest BCUT2D eigenvalue weighted by molar-refractivity contribution is 6.32. The number of anilines is 1. The highest BCUT2D eigenvalue weighted by Crippen LogP contribution is 2.68. The molecule has 1 saturated heterocycles. The average Bonchev–Trinajstić information content (AvgIpc) is 3.66. The summed E-state index contributed by atoms with van der Waals surface area (Å²) in [5.74, 6) is 10.7. The van der Waals surface area contributed by atoms with Crippen LogP contribution in [0.1, 0.15) is 63.7 Å². The number of carbonyl (C=O) groups is 2. The van der Waals surface area contributed by atoms with Crippen molar-refractivity contribution in [3.05, 3.63) is 81.9 Å². The number of aryl methyl sites for hydroxylation is 1. The van der Waals surface area contributed by atoms with Crippen molar-refractivity contribution >= 4 is 28.0 Å². The zero-order valence-corrected chi connectivity index (χ0v) is 21.7. The van der Waals surface area contributed by atoms with E-state index in [2.05, 4.69) is 35.9 Å². The lowest BCUT2D eigenvalue weighted by Crippen LogP contribution is -2.53. The van der Waals surface area contributed by atoms with E-state index in [1.165, 1.54) is 6.07 Å². The Morgan fingerprint density at radius 3 is 2.41 bits per heavy atom. The molecule has 4 aliphatic rings. The van der Waals surface area contributed by atoms with Crippen molar-refractivity contribution in [2.75, 3.05) is 5.32 Å². The Balaban J connectivity index is 1.50. The molecule has 192 valence electrons. The van der Waals surface area contributed by atoms with Gasteiger partial charge in [-0.25, -0.2) is 0 Å². The molecular weight excluding hydrogens is 490 g/mol. The van der Waals surface area contributed by atoms with Gasteiger partial charge >= 0.3 is 0 Å². The zero-order valence-electron chi connectivity index (χ0n) is 21.7. The maximum absolute atomic E-state index is 14.2. The number of aliphatic hydroxyl groups excluding tert-OH is 1. The first-order valence-corrected chi connectivity index (χ1v) is 13.1. The molecule has 2 aliphatic heterocycles. The van der Waals surface area contributed by atoms with Gasteiger partial charge in [0, 0.05) is 16.7 Å². The van der Waals surface area contributed by atoms with Crippen LogP contribution in [0.5, 0.6) is 5.75 Å². The van der Waals surface area contributed by atoms with E-state index in [0.29, 0.717) is 11.3 Å². The third-order valence-corrected chi connectivity index (χ3v) is 8.69. The third-order valence-electron chi connectivity index (χ3n) is 8.69. The summed E-state index contributed by atoms with van der Waals surface area (Å²) >= 11 is 0. The minimum absolute atomic E-state index is 0.0393. The second-order valence-electron chi connectivity index (χ2n) is 10.7. The Bertz CT molecular complexity index is 1830. The molecule has 0 amide bonds. The zero-order chi connectivity index (χ0) is 27.3. The van der Waals surface area contributed by atoms with E-state index in [9.17, 15) is 19.8 Å². The number of aromatic hydroxyl groups is 1. The number of hydrogen-bond acceptors (Lipinski definition) is 6. The first kappa shape index (κ1) is 23.7. The molecule has 3 aromatic carbocycles. The van der Waals surface area contributed by atoms with Gasteiger partial charge < -0.3 is 20.3 Å². The van der Waals surface area contributed by atoms with E-state index in [4.69, 9.17) is 4.74 Å². The molecule has 0 radical (unpaired) electrons. The van der Waals surface area contributed by atoms with E-state index in [-0.39, 0.29) is 33.8 Å². The molecule has 1 fully saturated rings. The van der Waals surface area contributed by atoms with Crippen molar-refractivity contribution in [2.24, 2.45) is 5.92 Å². The van der Waals surface area contributed by atoms with Crippen LogP contribution in [0.15, 0.2) is 48.6 Å². The fraction of sp³-hybridized carbons (Fsp3) is 0.273. The maximum atomic E-state index is 14.2. The van der Waals surface area contributed by atoms with Crippen LogP contribution in [0.4, 0.5) is 5.69 Å². The molecule has 39 heavy (non-hydrogen) atoms. The summed E-state index contributed by atoms with van der Waals surface area (Å²) in [6.45, 7) is 5.59. The highest BCUT2D eigenvalue weighted by Gasteiger charge is 2.81. The molecule has 2 heterocycles. The summed E-state index contributed by atoms with van der Waals surface area (Å²) in [5.41, 5.74) is 0.323. The minimum Gasteiger partial charge on any atom is -0.507 e. The Kier molecular flexibility index (Phi) is 4.77. The summed E-state index contributed by atoms with van der Waals surface area (Å²) in [5, 5.41) is 27.3. The second kappa shape index (κ2) is 7.83. The van der Waals surface area contributed by atoms with E-state index in [1.54, 1.807) is 31.2 Å². The van der Waals surface area contributed by atoms with Crippen LogP contribution >= 0.6 is 0 Å². The Morgan fingerprint density at radius 1 is 1.00 bits per heavy atom. The smallest absolute Gasteiger partial charge is 0.198 e. The van der Waals surface area contributed by atoms with E-state index < -0.39 is 35.0 Å². The van der Waals surface area contributed by atoms with Gasteiger partial charge in [0.15, 0.2) is 17.2 Å². The van der Waals surface area contributed by atoms with Gasteiger partial charge in [-0.1, -0.05) is 48.8 Å². The Hall–Kier alpha value is -4.36. The quantitative estimate of drug-likeness (QED) is 0.210. The van der Waals surface area contributed by atoms with Crippen LogP contribution < -0.4 is 5.32 Å². The Labute approximate surface area is 225 Å². The predicted octanol–water partition coefficient (Wildman–Crippen LogP) is 4.24. The van der Waals surface area contributed by atoms with Gasteiger partial charge in [0.1, 0.15) is 17.4 Å². The van der Waals surface area contributed by atoms with Crippen molar-refractivity contribution in [3.8, 4) is 29.4 Å². The number of rotatable bonds is 2. The molecule has 2 aliphatic carbocycles. The molecule has 7 rings (SSSR count). The monoisotopic (exact) mass is 515 g/mol. The molecule has 6 heteroatoms. The molecule has 2 bridgehead atoms. The third kappa shape index (κ3) is 2.85. The molecule has 6 nitrogen and oxygen atoms in total. The van der Waals surface area contributed by atoms with Crippen molar-refractivity contribution in [1.82, 2.24) is 0 Å². The number of benzene rings is 3. The number of fused-ring (bicyclic) bond motifs is 5. The first-order valence-electron chi connectivity index (χ1n) is 13.1. The molecule has 0 unspecified atom stereocenters. The van der Waals surface area contributed by atoms with Gasteiger partial charge in [-0.15, -0.1) is 0 Å². The largest absolute Gasteiger partial charge is 0.507 e. The fourth-order valence-electron chi connectivity index (χ4n) is 6.74. The maximum Gasteiger partial charge on any atom is 0.198 e. The van der Waals surface area contributed by atoms with Crippen LogP contribution in [-0.4, -0.2) is 39.5 Å². The number of nitrogens with one attached hydrogen (secondary N) is 1. The standard InChI is InChI=1S/C33H25NO5/c1-4-19-11-12-20-14-22-23(15-21(20)13-19)30(37)27-25(36)16-24-29(28(27)31(22)38)34-26-10-8-6-5-7-9-17(2)32(24)33(26,39-32)18(3)35/h5-6,11-18,26,34-36H,4H2,1-3H3/b6-5-/t17-,18-,26+,32-,33+/m1/s1. The number of ketones is 2. The molecule has 3 N–H and O–H groups in total. The number of carbonyl (C=O) groups excluding carboxylic acids is 2. The van der Waals surface area contributed by atoms with E-state index in [1.807, 2.05) is 25.1 Å². The number of ether oxygens (including phenoxy) is 1. The normalized spacial score (nSPS) is 28.7. The lowest BCUT2D eigenvalue weighted by molar-refractivity contribution is 0.0868. The van der Waals surface area contributed by atoms with Gasteiger partial charge in [-0.05, 0) is 67.0 Å². The molecule has 3 aromatic rings. The number of epoxide rings is 1. The minimum atomic E-state index is -1.15. The molecule has 0 aromatic heterocycles. The second-order valence-corrected chi connectivity index (χ2v) is 10.7. The van der Waals surface area contributed by atoms with Crippen molar-refractivity contribution in [3.63, 3.8) is 0 Å². The van der Waals surface area contributed by atoms with Gasteiger partial charge in [-0.2, -0.15) is 0 Å². The van der Waals surface area contributed by atoms with Crippen molar-refractivity contribution in [1.29, 1.82) is 0 Å². The number of phenols is 1. The number of hydrogen-bond donors (Lipinski definition) is 3. The first-order chi connectivity index (χ1) is 18.7. The topological polar surface area (TPSA) is 99.2 Å². The summed E-state index contributed by atoms with van der Waals surface area (Å²) < 4.78 is 6.45. The van der Waals surface area contributed by atoms with Crippen molar-refractivity contribution < 1.29 is 24.5 Å². The summed E-state index contributed by atoms with van der Waals surface area (Å²) in [6.07, 6.45) is 3.20. The van der Waals surface area contributed by atoms with Gasteiger partial charge in [0.05, 0.1) is 28.8 Å².